The van der Waals surface area contributed by atoms with Gasteiger partial charge in [0.05, 0.1) is 0 Å². The summed E-state index contributed by atoms with van der Waals surface area (Å²) >= 11 is 8.87. The van der Waals surface area contributed by atoms with Gasteiger partial charge in [-0.05, 0) is 52.4 Å². The number of rotatable bonds is 5. The number of primary amides is 1. The first kappa shape index (κ1) is 18.4. The van der Waals surface area contributed by atoms with E-state index in [9.17, 15) is 9.59 Å². The van der Waals surface area contributed by atoms with Crippen molar-refractivity contribution in [2.45, 2.75) is 12.5 Å². The van der Waals surface area contributed by atoms with E-state index in [1.165, 1.54) is 0 Å². The summed E-state index contributed by atoms with van der Waals surface area (Å²) in [5.41, 5.74) is 6.86. The van der Waals surface area contributed by atoms with Crippen molar-refractivity contribution in [1.82, 2.24) is 5.32 Å². The van der Waals surface area contributed by atoms with Crippen molar-refractivity contribution in [3.63, 3.8) is 0 Å². The Hall–Kier alpha value is -0.930. The van der Waals surface area contributed by atoms with Crippen LogP contribution in [0.25, 0.3) is 0 Å². The molecule has 1 atom stereocenters. The summed E-state index contributed by atoms with van der Waals surface area (Å²) in [6.07, 6.45) is 0.357. The van der Waals surface area contributed by atoms with Gasteiger partial charge in [-0.3, -0.25) is 9.59 Å². The minimum atomic E-state index is -0.767. The minimum absolute atomic E-state index is 0.346. The third-order valence-electron chi connectivity index (χ3n) is 3.16. The maximum atomic E-state index is 12.4. The Bertz CT molecular complexity index is 732. The third-order valence-corrected chi connectivity index (χ3v) is 5.12. The number of carbonyl (C=O) groups is 2. The second-order valence-electron chi connectivity index (χ2n) is 4.88. The summed E-state index contributed by atoms with van der Waals surface area (Å²) in [4.78, 5) is 24.1. The van der Waals surface area contributed by atoms with Gasteiger partial charge in [0.25, 0.3) is 5.91 Å². The second kappa shape index (κ2) is 8.25. The van der Waals surface area contributed by atoms with Crippen LogP contribution in [0.15, 0.2) is 51.4 Å². The monoisotopic (exact) mass is 550 g/mol. The lowest BCUT2D eigenvalue weighted by Gasteiger charge is -2.16. The second-order valence-corrected chi connectivity index (χ2v) is 7.88. The van der Waals surface area contributed by atoms with E-state index in [1.807, 2.05) is 30.3 Å². The highest BCUT2D eigenvalue weighted by atomic mass is 127. The summed E-state index contributed by atoms with van der Waals surface area (Å²) in [6.45, 7) is 0. The molecule has 0 fully saturated rings. The predicted octanol–water partition coefficient (Wildman–Crippen LogP) is 3.64. The van der Waals surface area contributed by atoms with E-state index in [0.717, 1.165) is 18.1 Å². The molecule has 0 radical (unpaired) electrons. The molecule has 23 heavy (non-hydrogen) atoms. The molecule has 3 N–H and O–H groups in total. The molecule has 0 aliphatic carbocycles. The molecule has 0 spiro atoms. The fourth-order valence-electron chi connectivity index (χ4n) is 2.03. The van der Waals surface area contributed by atoms with Crippen LogP contribution in [0.3, 0.4) is 0 Å². The largest absolute Gasteiger partial charge is 0.368 e. The molecule has 0 aliphatic heterocycles. The summed E-state index contributed by atoms with van der Waals surface area (Å²) < 4.78 is 2.56. The molecule has 120 valence electrons. The molecule has 2 aromatic rings. The molecule has 4 nitrogen and oxygen atoms in total. The normalized spacial score (nSPS) is 11.8. The molecular weight excluding hydrogens is 539 g/mol. The maximum absolute atomic E-state index is 12.4. The first-order chi connectivity index (χ1) is 10.9. The van der Waals surface area contributed by atoms with Crippen LogP contribution in [-0.4, -0.2) is 17.9 Å². The van der Waals surface area contributed by atoms with Gasteiger partial charge in [-0.2, -0.15) is 0 Å². The molecule has 0 heterocycles. The van der Waals surface area contributed by atoms with E-state index in [4.69, 9.17) is 5.73 Å². The fourth-order valence-corrected chi connectivity index (χ4v) is 3.93. The van der Waals surface area contributed by atoms with Gasteiger partial charge in [0.2, 0.25) is 5.91 Å². The van der Waals surface area contributed by atoms with Crippen molar-refractivity contribution in [1.29, 1.82) is 0 Å². The highest BCUT2D eigenvalue weighted by Gasteiger charge is 2.20. The van der Waals surface area contributed by atoms with E-state index in [2.05, 4.69) is 59.8 Å². The van der Waals surface area contributed by atoms with Crippen LogP contribution in [0.1, 0.15) is 15.9 Å². The summed E-state index contributed by atoms with van der Waals surface area (Å²) in [7, 11) is 0. The Morgan fingerprint density at radius 3 is 2.30 bits per heavy atom. The Balaban J connectivity index is 2.18. The molecule has 0 bridgehead atoms. The first-order valence-corrected chi connectivity index (χ1v) is 9.33. The van der Waals surface area contributed by atoms with Crippen molar-refractivity contribution in [3.05, 3.63) is 66.1 Å². The van der Waals surface area contributed by atoms with Crippen LogP contribution in [0.2, 0.25) is 0 Å². The Kier molecular flexibility index (Phi) is 6.60. The van der Waals surface area contributed by atoms with E-state index in [1.54, 1.807) is 12.1 Å². The molecule has 2 aromatic carbocycles. The topological polar surface area (TPSA) is 72.2 Å². The summed E-state index contributed by atoms with van der Waals surface area (Å²) in [5.74, 6) is -0.909. The van der Waals surface area contributed by atoms with Gasteiger partial charge in [0, 0.05) is 24.5 Å². The summed E-state index contributed by atoms with van der Waals surface area (Å²) in [6, 6.07) is 12.1. The van der Waals surface area contributed by atoms with Crippen molar-refractivity contribution in [2.24, 2.45) is 5.73 Å². The number of halogens is 3. The third kappa shape index (κ3) is 5.29. The van der Waals surface area contributed by atoms with Gasteiger partial charge >= 0.3 is 0 Å². The number of carbonyl (C=O) groups excluding carboxylic acids is 2. The SMILES string of the molecule is NC(=O)[C@@H](Cc1ccccc1I)NC(=O)c1cc(Br)cc(Br)c1. The molecule has 7 heteroatoms. The van der Waals surface area contributed by atoms with Gasteiger partial charge in [-0.15, -0.1) is 0 Å². The van der Waals surface area contributed by atoms with Crippen LogP contribution in [0.5, 0.6) is 0 Å². The van der Waals surface area contributed by atoms with Crippen LogP contribution >= 0.6 is 54.5 Å². The number of hydrogen-bond acceptors (Lipinski definition) is 2. The average molecular weight is 552 g/mol. The molecule has 2 amide bonds. The predicted molar refractivity (Wildman–Crippen MR) is 105 cm³/mol. The molecule has 0 saturated carbocycles. The van der Waals surface area contributed by atoms with E-state index in [-0.39, 0.29) is 5.91 Å². The highest BCUT2D eigenvalue weighted by molar-refractivity contribution is 14.1. The van der Waals surface area contributed by atoms with Gasteiger partial charge in [-0.25, -0.2) is 0 Å². The van der Waals surface area contributed by atoms with Crippen LogP contribution in [0, 0.1) is 3.57 Å². The number of nitrogens with one attached hydrogen (secondary N) is 1. The van der Waals surface area contributed by atoms with Crippen LogP contribution < -0.4 is 11.1 Å². The van der Waals surface area contributed by atoms with E-state index in [0.29, 0.717) is 12.0 Å². The van der Waals surface area contributed by atoms with Crippen molar-refractivity contribution in [2.75, 3.05) is 0 Å². The minimum Gasteiger partial charge on any atom is -0.368 e. The van der Waals surface area contributed by atoms with E-state index >= 15 is 0 Å². The molecule has 0 aliphatic rings. The van der Waals surface area contributed by atoms with Crippen molar-refractivity contribution < 1.29 is 9.59 Å². The number of nitrogens with two attached hydrogens (primary N) is 1. The van der Waals surface area contributed by atoms with E-state index < -0.39 is 11.9 Å². The Labute approximate surface area is 164 Å². The highest BCUT2D eigenvalue weighted by Crippen LogP contribution is 2.20. The number of amides is 2. The number of benzene rings is 2. The average Bonchev–Trinajstić information content (AvgIpc) is 2.47. The fraction of sp³-hybridized carbons (Fsp3) is 0.125. The van der Waals surface area contributed by atoms with Crippen LogP contribution in [-0.2, 0) is 11.2 Å². The quantitative estimate of drug-likeness (QED) is 0.557. The van der Waals surface area contributed by atoms with Gasteiger partial charge in [0.1, 0.15) is 6.04 Å². The zero-order valence-electron chi connectivity index (χ0n) is 11.9. The zero-order chi connectivity index (χ0) is 17.0. The Morgan fingerprint density at radius 1 is 1.13 bits per heavy atom. The molecular formula is C16H13Br2IN2O2. The molecule has 0 aromatic heterocycles. The standard InChI is InChI=1S/C16H13Br2IN2O2/c17-11-5-10(6-12(18)8-11)16(23)21-14(15(20)22)7-9-3-1-2-4-13(9)19/h1-6,8,14H,7H2,(H2,20,22)(H,21,23)/t14-/m1/s1. The van der Waals surface area contributed by atoms with Gasteiger partial charge in [-0.1, -0.05) is 50.1 Å². The lowest BCUT2D eigenvalue weighted by molar-refractivity contribution is -0.119. The first-order valence-electron chi connectivity index (χ1n) is 6.66. The lowest BCUT2D eigenvalue weighted by Crippen LogP contribution is -2.46. The smallest absolute Gasteiger partial charge is 0.252 e. The van der Waals surface area contributed by atoms with Crippen molar-refractivity contribution in [3.8, 4) is 0 Å². The molecule has 0 saturated heterocycles. The van der Waals surface area contributed by atoms with Gasteiger partial charge < -0.3 is 11.1 Å². The molecule has 0 unspecified atom stereocenters. The van der Waals surface area contributed by atoms with Crippen molar-refractivity contribution >= 4 is 66.3 Å². The Morgan fingerprint density at radius 2 is 1.74 bits per heavy atom. The van der Waals surface area contributed by atoms with Gasteiger partial charge in [0.15, 0.2) is 0 Å². The maximum Gasteiger partial charge on any atom is 0.252 e. The zero-order valence-corrected chi connectivity index (χ0v) is 17.2. The molecule has 2 rings (SSSR count). The number of hydrogen-bond donors (Lipinski definition) is 2. The lowest BCUT2D eigenvalue weighted by atomic mass is 10.0. The summed E-state index contributed by atoms with van der Waals surface area (Å²) in [5, 5.41) is 2.70. The van der Waals surface area contributed by atoms with Crippen LogP contribution in [0.4, 0.5) is 0 Å².